The third kappa shape index (κ3) is 5.76. The Bertz CT molecular complexity index is 849. The predicted molar refractivity (Wildman–Crippen MR) is 125 cm³/mol. The molecule has 2 unspecified atom stereocenters. The third-order valence-electron chi connectivity index (χ3n) is 6.37. The van der Waals surface area contributed by atoms with E-state index >= 15 is 0 Å². The number of nitrogens with one attached hydrogen (secondary N) is 2. The van der Waals surface area contributed by atoms with Gasteiger partial charge < -0.3 is 20.4 Å². The maximum absolute atomic E-state index is 13.1. The molecule has 7 heteroatoms. The number of amides is 3. The largest absolute Gasteiger partial charge is 0.343 e. The number of fused-ring (bicyclic) bond motifs is 1. The molecule has 7 nitrogen and oxygen atoms in total. The molecule has 0 saturated carbocycles. The first-order valence-electron chi connectivity index (χ1n) is 11.6. The Kier molecular flexibility index (Phi) is 8.07. The lowest BCUT2D eigenvalue weighted by molar-refractivity contribution is -0.137. The van der Waals surface area contributed by atoms with E-state index in [1.807, 2.05) is 30.9 Å². The fourth-order valence-corrected chi connectivity index (χ4v) is 4.26. The lowest BCUT2D eigenvalue weighted by Crippen LogP contribution is -2.55. The standard InChI is InChI=1S/C25H36N4O3/c1-17(2)22(27-23(30)21-11-7-8-13-26-21)25(32)28(4)14-12-18(3)24(31)29-15-19-9-5-6-10-20(19)16-29/h5-6,9-10,12,17,21-22,26H,7-8,11,13-16H2,1-4H3,(H,27,30)/b18-12+. The Morgan fingerprint density at radius 3 is 2.41 bits per heavy atom. The molecular weight excluding hydrogens is 404 g/mol. The molecule has 3 amide bonds. The number of piperidine rings is 1. The van der Waals surface area contributed by atoms with Crippen LogP contribution in [0.1, 0.15) is 51.2 Å². The van der Waals surface area contributed by atoms with Gasteiger partial charge in [-0.25, -0.2) is 0 Å². The van der Waals surface area contributed by atoms with Gasteiger partial charge >= 0.3 is 0 Å². The van der Waals surface area contributed by atoms with Gasteiger partial charge in [0.1, 0.15) is 6.04 Å². The molecule has 0 spiro atoms. The smallest absolute Gasteiger partial charge is 0.249 e. The molecule has 0 aromatic heterocycles. The van der Waals surface area contributed by atoms with Crippen LogP contribution in [0, 0.1) is 5.92 Å². The molecule has 2 aliphatic heterocycles. The van der Waals surface area contributed by atoms with Crippen molar-refractivity contribution in [2.75, 3.05) is 20.1 Å². The summed E-state index contributed by atoms with van der Waals surface area (Å²) in [5, 5.41) is 6.17. The summed E-state index contributed by atoms with van der Waals surface area (Å²) in [6, 6.07) is 7.27. The number of hydrogen-bond donors (Lipinski definition) is 2. The second-order valence-corrected chi connectivity index (χ2v) is 9.27. The molecule has 3 rings (SSSR count). The first-order valence-corrected chi connectivity index (χ1v) is 11.6. The normalized spacial score (nSPS) is 19.5. The van der Waals surface area contributed by atoms with Crippen LogP contribution in [-0.2, 0) is 27.5 Å². The highest BCUT2D eigenvalue weighted by atomic mass is 16.2. The number of nitrogens with zero attached hydrogens (tertiary/aromatic N) is 2. The lowest BCUT2D eigenvalue weighted by Gasteiger charge is -2.29. The maximum atomic E-state index is 13.1. The van der Waals surface area contributed by atoms with Crippen LogP contribution >= 0.6 is 0 Å². The maximum Gasteiger partial charge on any atom is 0.249 e. The summed E-state index contributed by atoms with van der Waals surface area (Å²) in [4.78, 5) is 41.9. The van der Waals surface area contributed by atoms with Crippen molar-refractivity contribution in [1.29, 1.82) is 0 Å². The lowest BCUT2D eigenvalue weighted by atomic mass is 10.00. The van der Waals surface area contributed by atoms with E-state index in [1.54, 1.807) is 24.9 Å². The van der Waals surface area contributed by atoms with Crippen LogP contribution in [0.25, 0.3) is 0 Å². The van der Waals surface area contributed by atoms with Gasteiger partial charge in [0.25, 0.3) is 0 Å². The highest BCUT2D eigenvalue weighted by molar-refractivity contribution is 5.93. The molecule has 0 aliphatic carbocycles. The van der Waals surface area contributed by atoms with Crippen molar-refractivity contribution in [2.24, 2.45) is 5.92 Å². The fraction of sp³-hybridized carbons (Fsp3) is 0.560. The number of hydrogen-bond acceptors (Lipinski definition) is 4. The van der Waals surface area contributed by atoms with E-state index in [2.05, 4.69) is 22.8 Å². The van der Waals surface area contributed by atoms with E-state index in [0.29, 0.717) is 25.2 Å². The van der Waals surface area contributed by atoms with Crippen molar-refractivity contribution in [3.63, 3.8) is 0 Å². The average molecular weight is 441 g/mol. The molecule has 1 aromatic rings. The Balaban J connectivity index is 1.56. The van der Waals surface area contributed by atoms with Gasteiger partial charge in [-0.15, -0.1) is 0 Å². The van der Waals surface area contributed by atoms with E-state index in [4.69, 9.17) is 0 Å². The topological polar surface area (TPSA) is 81.8 Å². The zero-order chi connectivity index (χ0) is 23.3. The summed E-state index contributed by atoms with van der Waals surface area (Å²) in [7, 11) is 1.71. The van der Waals surface area contributed by atoms with Crippen LogP contribution in [0.4, 0.5) is 0 Å². The number of carbonyl (C=O) groups is 3. The SMILES string of the molecule is C/C(=C\CN(C)C(=O)C(NC(=O)C1CCCCN1)C(C)C)C(=O)N1Cc2ccccc2C1. The molecule has 0 bridgehead atoms. The quantitative estimate of drug-likeness (QED) is 0.637. The van der Waals surface area contributed by atoms with Crippen LogP contribution < -0.4 is 10.6 Å². The summed E-state index contributed by atoms with van der Waals surface area (Å²) in [5.74, 6) is -0.304. The zero-order valence-electron chi connectivity index (χ0n) is 19.7. The van der Waals surface area contributed by atoms with Crippen molar-refractivity contribution in [1.82, 2.24) is 20.4 Å². The van der Waals surface area contributed by atoms with Crippen LogP contribution in [0.5, 0.6) is 0 Å². The van der Waals surface area contributed by atoms with Crippen LogP contribution in [0.2, 0.25) is 0 Å². The van der Waals surface area contributed by atoms with Crippen molar-refractivity contribution in [3.05, 3.63) is 47.0 Å². The molecule has 2 atom stereocenters. The highest BCUT2D eigenvalue weighted by Gasteiger charge is 2.30. The molecule has 1 saturated heterocycles. The monoisotopic (exact) mass is 440 g/mol. The van der Waals surface area contributed by atoms with E-state index in [0.717, 1.165) is 25.8 Å². The summed E-state index contributed by atoms with van der Waals surface area (Å²) in [6.45, 7) is 8.04. The van der Waals surface area contributed by atoms with Gasteiger partial charge in [-0.05, 0) is 43.4 Å². The minimum absolute atomic E-state index is 0.0147. The molecule has 2 aliphatic rings. The molecule has 0 radical (unpaired) electrons. The zero-order valence-corrected chi connectivity index (χ0v) is 19.7. The van der Waals surface area contributed by atoms with Crippen LogP contribution in [0.3, 0.4) is 0 Å². The molecule has 174 valence electrons. The number of carbonyl (C=O) groups excluding carboxylic acids is 3. The summed E-state index contributed by atoms with van der Waals surface area (Å²) in [6.07, 6.45) is 4.69. The van der Waals surface area contributed by atoms with Crippen LogP contribution in [-0.4, -0.2) is 59.7 Å². The van der Waals surface area contributed by atoms with Crippen molar-refractivity contribution < 1.29 is 14.4 Å². The first-order chi connectivity index (χ1) is 15.3. The summed E-state index contributed by atoms with van der Waals surface area (Å²) >= 11 is 0. The summed E-state index contributed by atoms with van der Waals surface area (Å²) < 4.78 is 0. The second-order valence-electron chi connectivity index (χ2n) is 9.27. The van der Waals surface area contributed by atoms with Gasteiger partial charge in [0.15, 0.2) is 0 Å². The summed E-state index contributed by atoms with van der Waals surface area (Å²) in [5.41, 5.74) is 2.99. The molecular formula is C25H36N4O3. The van der Waals surface area contributed by atoms with E-state index < -0.39 is 6.04 Å². The molecule has 2 N–H and O–H groups in total. The van der Waals surface area contributed by atoms with Crippen molar-refractivity contribution >= 4 is 17.7 Å². The minimum atomic E-state index is -0.589. The Morgan fingerprint density at radius 1 is 1.19 bits per heavy atom. The van der Waals surface area contributed by atoms with Gasteiger partial charge in [0.2, 0.25) is 17.7 Å². The van der Waals surface area contributed by atoms with Crippen LogP contribution in [0.15, 0.2) is 35.9 Å². The van der Waals surface area contributed by atoms with Gasteiger partial charge in [-0.2, -0.15) is 0 Å². The van der Waals surface area contributed by atoms with Crippen molar-refractivity contribution in [3.8, 4) is 0 Å². The molecule has 1 fully saturated rings. The molecule has 2 heterocycles. The Hall–Kier alpha value is -2.67. The third-order valence-corrected chi connectivity index (χ3v) is 6.37. The minimum Gasteiger partial charge on any atom is -0.343 e. The molecule has 1 aromatic carbocycles. The Morgan fingerprint density at radius 2 is 1.84 bits per heavy atom. The number of rotatable bonds is 7. The van der Waals surface area contributed by atoms with E-state index in [1.165, 1.54) is 11.1 Å². The fourth-order valence-electron chi connectivity index (χ4n) is 4.26. The number of likely N-dealkylation sites (N-methyl/N-ethyl adjacent to an activating group) is 1. The van der Waals surface area contributed by atoms with Gasteiger partial charge in [-0.1, -0.05) is 50.6 Å². The highest BCUT2D eigenvalue weighted by Crippen LogP contribution is 2.23. The predicted octanol–water partition coefficient (Wildman–Crippen LogP) is 2.22. The van der Waals surface area contributed by atoms with E-state index in [-0.39, 0.29) is 29.7 Å². The first kappa shape index (κ1) is 24.0. The Labute approximate surface area is 191 Å². The van der Waals surface area contributed by atoms with Gasteiger partial charge in [0, 0.05) is 32.3 Å². The average Bonchev–Trinajstić information content (AvgIpc) is 3.24. The molecule has 32 heavy (non-hydrogen) atoms. The second kappa shape index (κ2) is 10.8. The van der Waals surface area contributed by atoms with E-state index in [9.17, 15) is 14.4 Å². The van der Waals surface area contributed by atoms with Gasteiger partial charge in [0.05, 0.1) is 6.04 Å². The van der Waals surface area contributed by atoms with Crippen molar-refractivity contribution in [2.45, 2.75) is 65.2 Å². The van der Waals surface area contributed by atoms with Gasteiger partial charge in [-0.3, -0.25) is 14.4 Å². The number of benzene rings is 1.